The average Bonchev–Trinajstić information content (AvgIpc) is 3.54. The number of amides is 1. The van der Waals surface area contributed by atoms with E-state index in [0.29, 0.717) is 31.1 Å². The van der Waals surface area contributed by atoms with Gasteiger partial charge >= 0.3 is 6.16 Å². The summed E-state index contributed by atoms with van der Waals surface area (Å²) >= 11 is 0. The number of imidazole rings is 1. The number of nitrogens with one attached hydrogen (secondary N) is 1. The molecule has 0 saturated carbocycles. The maximum Gasteiger partial charge on any atom is 0.528 e. The molecule has 0 spiro atoms. The summed E-state index contributed by atoms with van der Waals surface area (Å²) in [7, 11) is 0. The third-order valence-corrected chi connectivity index (χ3v) is 7.07. The highest BCUT2D eigenvalue weighted by molar-refractivity contribution is 6.05. The minimum absolute atomic E-state index is 0.149. The standard InChI is InChI=1S/C30H37N5O4/c1-20(2)13-15-34-25-17-23(31-27(36)21-9-7-6-8-10-21)11-12-24(25)32-28(34)35-16-14-22-18-33(19-26(22)35)39-29(37)38-30(3,4)5/h6-13,17,22,26H,14-16,18-19H2,1-5H3,(H,31,36). The van der Waals surface area contributed by atoms with Gasteiger partial charge in [0, 0.05) is 30.9 Å². The lowest BCUT2D eigenvalue weighted by atomic mass is 10.1. The molecule has 1 amide bonds. The van der Waals surface area contributed by atoms with Crippen LogP contribution in [0, 0.1) is 5.92 Å². The molecule has 2 aliphatic heterocycles. The Balaban J connectivity index is 1.40. The Kier molecular flexibility index (Phi) is 7.36. The maximum absolute atomic E-state index is 12.8. The lowest BCUT2D eigenvalue weighted by Gasteiger charge is -2.26. The normalized spacial score (nSPS) is 19.2. The molecule has 2 aromatic carbocycles. The SMILES string of the molecule is CC(C)=CCn1c(N2CCC3CN(OC(=O)OC(C)(C)C)CC32)nc2ccc(NC(=O)c3ccccc3)cc21. The fraction of sp³-hybridized carbons (Fsp3) is 0.433. The number of hydrogen-bond donors (Lipinski definition) is 1. The molecule has 3 heterocycles. The zero-order chi connectivity index (χ0) is 27.7. The van der Waals surface area contributed by atoms with E-state index in [-0.39, 0.29) is 11.9 Å². The molecule has 39 heavy (non-hydrogen) atoms. The zero-order valence-corrected chi connectivity index (χ0v) is 23.3. The van der Waals surface area contributed by atoms with Crippen LogP contribution in [-0.2, 0) is 16.1 Å². The van der Waals surface area contributed by atoms with E-state index in [2.05, 4.69) is 34.7 Å². The molecule has 9 nitrogen and oxygen atoms in total. The van der Waals surface area contributed by atoms with Gasteiger partial charge in [0.2, 0.25) is 5.95 Å². The first-order chi connectivity index (χ1) is 18.6. The van der Waals surface area contributed by atoms with E-state index >= 15 is 0 Å². The second-order valence-electron chi connectivity index (χ2n) is 11.5. The van der Waals surface area contributed by atoms with Crippen LogP contribution < -0.4 is 10.2 Å². The van der Waals surface area contributed by atoms with Crippen molar-refractivity contribution in [3.63, 3.8) is 0 Å². The van der Waals surface area contributed by atoms with Crippen LogP contribution in [0.1, 0.15) is 51.4 Å². The number of hydroxylamine groups is 2. The van der Waals surface area contributed by atoms with Gasteiger partial charge in [0.25, 0.3) is 5.91 Å². The molecule has 2 unspecified atom stereocenters. The Hall–Kier alpha value is -3.85. The summed E-state index contributed by atoms with van der Waals surface area (Å²) in [5, 5.41) is 4.74. The van der Waals surface area contributed by atoms with Crippen molar-refractivity contribution in [3.05, 3.63) is 65.7 Å². The van der Waals surface area contributed by atoms with Gasteiger partial charge in [-0.25, -0.2) is 9.78 Å². The lowest BCUT2D eigenvalue weighted by Crippen LogP contribution is -2.38. The predicted octanol–water partition coefficient (Wildman–Crippen LogP) is 5.63. The summed E-state index contributed by atoms with van der Waals surface area (Å²) in [6, 6.07) is 15.2. The molecule has 2 aliphatic rings. The highest BCUT2D eigenvalue weighted by Crippen LogP contribution is 2.37. The first-order valence-corrected chi connectivity index (χ1v) is 13.5. The molecule has 206 valence electrons. The third-order valence-electron chi connectivity index (χ3n) is 7.07. The summed E-state index contributed by atoms with van der Waals surface area (Å²) < 4.78 is 7.55. The predicted molar refractivity (Wildman–Crippen MR) is 152 cm³/mol. The van der Waals surface area contributed by atoms with E-state index in [0.717, 1.165) is 35.6 Å². The van der Waals surface area contributed by atoms with Gasteiger partial charge in [0.05, 0.1) is 23.6 Å². The number of aromatic nitrogens is 2. The highest BCUT2D eigenvalue weighted by atomic mass is 16.8. The Morgan fingerprint density at radius 3 is 2.59 bits per heavy atom. The smallest absolute Gasteiger partial charge is 0.427 e. The van der Waals surface area contributed by atoms with Crippen molar-refractivity contribution < 1.29 is 19.2 Å². The van der Waals surface area contributed by atoms with Crippen molar-refractivity contribution in [2.45, 2.75) is 59.2 Å². The van der Waals surface area contributed by atoms with Crippen molar-refractivity contribution >= 4 is 34.7 Å². The number of hydrogen-bond acceptors (Lipinski definition) is 7. The van der Waals surface area contributed by atoms with E-state index in [1.54, 1.807) is 17.2 Å². The Labute approximate surface area is 229 Å². The molecule has 5 rings (SSSR count). The Bertz CT molecular complexity index is 1390. The summed E-state index contributed by atoms with van der Waals surface area (Å²) in [6.07, 6.45) is 2.50. The van der Waals surface area contributed by atoms with Crippen LogP contribution in [0.25, 0.3) is 11.0 Å². The monoisotopic (exact) mass is 531 g/mol. The van der Waals surface area contributed by atoms with Crippen molar-refractivity contribution in [3.8, 4) is 0 Å². The van der Waals surface area contributed by atoms with Crippen LogP contribution in [0.5, 0.6) is 0 Å². The van der Waals surface area contributed by atoms with Crippen molar-refractivity contribution in [1.29, 1.82) is 0 Å². The molecule has 1 N–H and O–H groups in total. The van der Waals surface area contributed by atoms with Gasteiger partial charge in [0.1, 0.15) is 5.60 Å². The van der Waals surface area contributed by atoms with Crippen LogP contribution in [0.2, 0.25) is 0 Å². The fourth-order valence-electron chi connectivity index (χ4n) is 5.27. The topological polar surface area (TPSA) is 88.9 Å². The number of carbonyl (C=O) groups excluding carboxylic acids is 2. The second-order valence-corrected chi connectivity index (χ2v) is 11.5. The molecule has 2 fully saturated rings. The molecule has 0 aliphatic carbocycles. The minimum Gasteiger partial charge on any atom is -0.427 e. The van der Waals surface area contributed by atoms with Crippen LogP contribution in [0.3, 0.4) is 0 Å². The second kappa shape index (κ2) is 10.7. The highest BCUT2D eigenvalue weighted by Gasteiger charge is 2.44. The van der Waals surface area contributed by atoms with Crippen LogP contribution in [0.4, 0.5) is 16.4 Å². The van der Waals surface area contributed by atoms with Crippen LogP contribution in [-0.4, -0.2) is 58.0 Å². The molecular formula is C30H37N5O4. The quantitative estimate of drug-likeness (QED) is 0.326. The first-order valence-electron chi connectivity index (χ1n) is 13.5. The molecule has 0 radical (unpaired) electrons. The summed E-state index contributed by atoms with van der Waals surface area (Å²) in [6.45, 7) is 12.4. The molecular weight excluding hydrogens is 494 g/mol. The van der Waals surface area contributed by atoms with Crippen molar-refractivity contribution in [2.24, 2.45) is 5.92 Å². The van der Waals surface area contributed by atoms with Gasteiger partial charge in [-0.2, -0.15) is 0 Å². The maximum atomic E-state index is 12.8. The van der Waals surface area contributed by atoms with Gasteiger partial charge in [0.15, 0.2) is 0 Å². The largest absolute Gasteiger partial charge is 0.528 e. The minimum atomic E-state index is -0.671. The number of nitrogens with zero attached hydrogens (tertiary/aromatic N) is 4. The number of benzene rings is 2. The molecule has 2 saturated heterocycles. The van der Waals surface area contributed by atoms with Crippen LogP contribution >= 0.6 is 0 Å². The van der Waals surface area contributed by atoms with E-state index in [4.69, 9.17) is 14.6 Å². The van der Waals surface area contributed by atoms with E-state index < -0.39 is 11.8 Å². The molecule has 2 atom stereocenters. The molecule has 3 aromatic rings. The van der Waals surface area contributed by atoms with E-state index in [1.807, 2.05) is 57.2 Å². The van der Waals surface area contributed by atoms with Crippen LogP contribution in [0.15, 0.2) is 60.2 Å². The molecule has 9 heteroatoms. The number of anilines is 2. The summed E-state index contributed by atoms with van der Waals surface area (Å²) in [5.74, 6) is 1.11. The van der Waals surface area contributed by atoms with Gasteiger partial charge < -0.3 is 24.4 Å². The van der Waals surface area contributed by atoms with Gasteiger partial charge in [-0.15, -0.1) is 5.06 Å². The van der Waals surface area contributed by atoms with Crippen molar-refractivity contribution in [1.82, 2.24) is 14.6 Å². The average molecular weight is 532 g/mol. The lowest BCUT2D eigenvalue weighted by molar-refractivity contribution is -0.132. The van der Waals surface area contributed by atoms with E-state index in [1.165, 1.54) is 5.57 Å². The van der Waals surface area contributed by atoms with Gasteiger partial charge in [-0.1, -0.05) is 29.8 Å². The first kappa shape index (κ1) is 26.7. The third kappa shape index (κ3) is 6.09. The molecule has 0 bridgehead atoms. The Morgan fingerprint density at radius 2 is 1.87 bits per heavy atom. The number of allylic oxidation sites excluding steroid dienone is 2. The van der Waals surface area contributed by atoms with Crippen molar-refractivity contribution in [2.75, 3.05) is 29.9 Å². The number of fused-ring (bicyclic) bond motifs is 2. The number of rotatable bonds is 6. The Morgan fingerprint density at radius 1 is 1.10 bits per heavy atom. The summed E-state index contributed by atoms with van der Waals surface area (Å²) in [5.41, 5.74) is 3.77. The number of carbonyl (C=O) groups is 2. The zero-order valence-electron chi connectivity index (χ0n) is 23.3. The van der Waals surface area contributed by atoms with E-state index in [9.17, 15) is 9.59 Å². The van der Waals surface area contributed by atoms with Gasteiger partial charge in [-0.3, -0.25) is 4.79 Å². The number of ether oxygens (including phenoxy) is 1. The fourth-order valence-corrected chi connectivity index (χ4v) is 5.27. The molecule has 1 aromatic heterocycles. The summed E-state index contributed by atoms with van der Waals surface area (Å²) in [4.78, 5) is 37.9. The van der Waals surface area contributed by atoms with Gasteiger partial charge in [-0.05, 0) is 77.3 Å².